The van der Waals surface area contributed by atoms with E-state index in [1.807, 2.05) is 18.2 Å². The highest BCUT2D eigenvalue weighted by atomic mass is 16.5. The van der Waals surface area contributed by atoms with Crippen LogP contribution in [0.25, 0.3) is 0 Å². The number of anilines is 1. The van der Waals surface area contributed by atoms with Crippen LogP contribution < -0.4 is 14.8 Å². The number of amides is 1. The fraction of sp³-hybridized carbons (Fsp3) is 0.111. The lowest BCUT2D eigenvalue weighted by molar-refractivity contribution is 0.0992. The van der Waals surface area contributed by atoms with Gasteiger partial charge in [0.15, 0.2) is 5.76 Å². The molecule has 6 heteroatoms. The van der Waals surface area contributed by atoms with Crippen molar-refractivity contribution in [2.75, 3.05) is 12.4 Å². The Hall–Kier alpha value is -3.28. The molecule has 0 aliphatic carbocycles. The zero-order valence-corrected chi connectivity index (χ0v) is 13.1. The maximum absolute atomic E-state index is 12.1. The fourth-order valence-corrected chi connectivity index (χ4v) is 2.05. The minimum absolute atomic E-state index is 0.218. The lowest BCUT2D eigenvalue weighted by atomic mass is 10.3. The monoisotopic (exact) mass is 324 g/mol. The zero-order chi connectivity index (χ0) is 16.8. The van der Waals surface area contributed by atoms with Crippen LogP contribution >= 0.6 is 0 Å². The number of carbonyl (C=O) groups is 1. The largest absolute Gasteiger partial charge is 0.497 e. The molecular weight excluding hydrogens is 308 g/mol. The van der Waals surface area contributed by atoms with E-state index in [2.05, 4.69) is 10.3 Å². The van der Waals surface area contributed by atoms with Gasteiger partial charge in [-0.3, -0.25) is 9.78 Å². The van der Waals surface area contributed by atoms with Crippen molar-refractivity contribution in [2.45, 2.75) is 6.61 Å². The quantitative estimate of drug-likeness (QED) is 0.751. The van der Waals surface area contributed by atoms with E-state index in [9.17, 15) is 4.79 Å². The van der Waals surface area contributed by atoms with Gasteiger partial charge >= 0.3 is 0 Å². The molecular formula is C18H16N2O4. The molecule has 0 spiro atoms. The number of methoxy groups -OCH3 is 1. The van der Waals surface area contributed by atoms with Crippen LogP contribution in [-0.4, -0.2) is 18.0 Å². The van der Waals surface area contributed by atoms with Gasteiger partial charge in [0.25, 0.3) is 5.91 Å². The van der Waals surface area contributed by atoms with E-state index >= 15 is 0 Å². The Bertz CT molecular complexity index is 815. The van der Waals surface area contributed by atoms with Crippen molar-refractivity contribution in [3.63, 3.8) is 0 Å². The number of rotatable bonds is 6. The van der Waals surface area contributed by atoms with Gasteiger partial charge in [0, 0.05) is 24.1 Å². The first kappa shape index (κ1) is 15.6. The van der Waals surface area contributed by atoms with Crippen molar-refractivity contribution >= 4 is 11.6 Å². The van der Waals surface area contributed by atoms with Gasteiger partial charge in [0.1, 0.15) is 23.9 Å². The summed E-state index contributed by atoms with van der Waals surface area (Å²) in [6.07, 6.45) is 3.20. The first-order chi connectivity index (χ1) is 11.7. The summed E-state index contributed by atoms with van der Waals surface area (Å²) >= 11 is 0. The van der Waals surface area contributed by atoms with Crippen molar-refractivity contribution in [1.82, 2.24) is 4.98 Å². The lowest BCUT2D eigenvalue weighted by Crippen LogP contribution is -2.10. The molecule has 6 nitrogen and oxygen atoms in total. The predicted molar refractivity (Wildman–Crippen MR) is 88.2 cm³/mol. The minimum Gasteiger partial charge on any atom is -0.497 e. The average molecular weight is 324 g/mol. The molecule has 2 aromatic heterocycles. The fourth-order valence-electron chi connectivity index (χ4n) is 2.05. The Kier molecular flexibility index (Phi) is 4.76. The van der Waals surface area contributed by atoms with Gasteiger partial charge in [-0.2, -0.15) is 0 Å². The topological polar surface area (TPSA) is 73.6 Å². The Balaban J connectivity index is 1.59. The number of hydrogen-bond acceptors (Lipinski definition) is 5. The minimum atomic E-state index is -0.325. The molecule has 0 aliphatic rings. The number of carbonyl (C=O) groups excluding carboxylic acids is 1. The Morgan fingerprint density at radius 1 is 1.12 bits per heavy atom. The van der Waals surface area contributed by atoms with Crippen LogP contribution in [0.2, 0.25) is 0 Å². The second kappa shape index (κ2) is 7.32. The lowest BCUT2D eigenvalue weighted by Gasteiger charge is -2.06. The third kappa shape index (κ3) is 3.92. The first-order valence-electron chi connectivity index (χ1n) is 7.31. The van der Waals surface area contributed by atoms with Crippen LogP contribution in [0.5, 0.6) is 11.5 Å². The van der Waals surface area contributed by atoms with Gasteiger partial charge in [-0.15, -0.1) is 0 Å². The first-order valence-corrected chi connectivity index (χ1v) is 7.31. The average Bonchev–Trinajstić information content (AvgIpc) is 3.10. The molecule has 3 rings (SSSR count). The molecule has 1 N–H and O–H groups in total. The molecule has 24 heavy (non-hydrogen) atoms. The third-order valence-electron chi connectivity index (χ3n) is 3.25. The van der Waals surface area contributed by atoms with Gasteiger partial charge in [0.05, 0.1) is 7.11 Å². The predicted octanol–water partition coefficient (Wildman–Crippen LogP) is 3.51. The van der Waals surface area contributed by atoms with Gasteiger partial charge in [-0.05, 0) is 36.4 Å². The van der Waals surface area contributed by atoms with Gasteiger partial charge < -0.3 is 19.2 Å². The second-order valence-electron chi connectivity index (χ2n) is 4.92. The van der Waals surface area contributed by atoms with E-state index in [-0.39, 0.29) is 18.3 Å². The van der Waals surface area contributed by atoms with E-state index in [4.69, 9.17) is 13.9 Å². The van der Waals surface area contributed by atoms with Crippen LogP contribution in [0.1, 0.15) is 16.3 Å². The number of nitrogens with zero attached hydrogens (tertiary/aromatic N) is 1. The summed E-state index contributed by atoms with van der Waals surface area (Å²) in [5, 5.41) is 2.73. The van der Waals surface area contributed by atoms with Crippen molar-refractivity contribution in [3.05, 3.63) is 72.4 Å². The molecule has 0 fully saturated rings. The molecule has 1 amide bonds. The third-order valence-corrected chi connectivity index (χ3v) is 3.25. The second-order valence-corrected chi connectivity index (χ2v) is 4.92. The number of hydrogen-bond donors (Lipinski definition) is 1. The Morgan fingerprint density at radius 3 is 2.71 bits per heavy atom. The van der Waals surface area contributed by atoms with Gasteiger partial charge in [0.2, 0.25) is 0 Å². The van der Waals surface area contributed by atoms with Gasteiger partial charge in [-0.25, -0.2) is 0 Å². The summed E-state index contributed by atoms with van der Waals surface area (Å²) in [5.41, 5.74) is 0.653. The summed E-state index contributed by atoms with van der Waals surface area (Å²) in [6.45, 7) is 0.218. The van der Waals surface area contributed by atoms with Crippen LogP contribution in [0.15, 0.2) is 65.3 Å². The Morgan fingerprint density at radius 2 is 1.92 bits per heavy atom. The summed E-state index contributed by atoms with van der Waals surface area (Å²) in [6, 6.07) is 14.0. The summed E-state index contributed by atoms with van der Waals surface area (Å²) < 4.78 is 16.3. The highest BCUT2D eigenvalue weighted by molar-refractivity contribution is 6.02. The number of nitrogens with one attached hydrogen (secondary N) is 1. The van der Waals surface area contributed by atoms with Crippen molar-refractivity contribution in [2.24, 2.45) is 0 Å². The van der Waals surface area contributed by atoms with Crippen LogP contribution in [0, 0.1) is 0 Å². The van der Waals surface area contributed by atoms with Crippen molar-refractivity contribution < 1.29 is 18.7 Å². The molecule has 2 heterocycles. The molecule has 0 bridgehead atoms. The molecule has 0 aliphatic heterocycles. The maximum Gasteiger partial charge on any atom is 0.291 e. The molecule has 0 radical (unpaired) electrons. The molecule has 0 saturated heterocycles. The van der Waals surface area contributed by atoms with E-state index in [1.165, 1.54) is 0 Å². The van der Waals surface area contributed by atoms with E-state index in [0.29, 0.717) is 22.9 Å². The molecule has 1 aromatic carbocycles. The highest BCUT2D eigenvalue weighted by Gasteiger charge is 2.12. The number of furan rings is 1. The maximum atomic E-state index is 12.1. The summed E-state index contributed by atoms with van der Waals surface area (Å²) in [5.74, 6) is 1.82. The highest BCUT2D eigenvalue weighted by Crippen LogP contribution is 2.20. The molecule has 122 valence electrons. The van der Waals surface area contributed by atoms with E-state index in [1.54, 1.807) is 49.8 Å². The normalized spacial score (nSPS) is 10.2. The van der Waals surface area contributed by atoms with E-state index < -0.39 is 0 Å². The van der Waals surface area contributed by atoms with Crippen molar-refractivity contribution in [3.8, 4) is 11.5 Å². The van der Waals surface area contributed by atoms with Crippen LogP contribution in [0.4, 0.5) is 5.69 Å². The van der Waals surface area contributed by atoms with Crippen LogP contribution in [-0.2, 0) is 6.61 Å². The number of benzene rings is 1. The van der Waals surface area contributed by atoms with Crippen molar-refractivity contribution in [1.29, 1.82) is 0 Å². The molecule has 3 aromatic rings. The SMILES string of the molecule is COc1cccc(OCc2ccc(C(=O)Nc3ccncc3)o2)c1. The standard InChI is InChI=1S/C18H16N2O4/c1-22-14-3-2-4-15(11-14)23-12-16-5-6-17(24-16)18(21)20-13-7-9-19-10-8-13/h2-11H,12H2,1H3,(H,19,20,21). The van der Waals surface area contributed by atoms with E-state index in [0.717, 1.165) is 0 Å². The molecule has 0 unspecified atom stereocenters. The van der Waals surface area contributed by atoms with Gasteiger partial charge in [-0.1, -0.05) is 6.07 Å². The smallest absolute Gasteiger partial charge is 0.291 e. The number of ether oxygens (including phenoxy) is 2. The molecule has 0 saturated carbocycles. The number of aromatic nitrogens is 1. The molecule has 0 atom stereocenters. The number of pyridine rings is 1. The Labute approximate surface area is 139 Å². The zero-order valence-electron chi connectivity index (χ0n) is 13.1. The summed E-state index contributed by atoms with van der Waals surface area (Å²) in [4.78, 5) is 16.0. The summed E-state index contributed by atoms with van der Waals surface area (Å²) in [7, 11) is 1.60. The van der Waals surface area contributed by atoms with Crippen LogP contribution in [0.3, 0.4) is 0 Å².